The molecule has 30 heavy (non-hydrogen) atoms. The van der Waals surface area contributed by atoms with Crippen molar-refractivity contribution in [3.63, 3.8) is 0 Å². The van der Waals surface area contributed by atoms with Crippen LogP contribution in [0.5, 0.6) is 5.75 Å². The van der Waals surface area contributed by atoms with Crippen LogP contribution in [0.4, 0.5) is 10.6 Å². The molecule has 160 valence electrons. The van der Waals surface area contributed by atoms with Crippen molar-refractivity contribution in [3.05, 3.63) is 35.2 Å². The zero-order valence-electron chi connectivity index (χ0n) is 17.8. The van der Waals surface area contributed by atoms with Crippen LogP contribution in [0.15, 0.2) is 22.9 Å². The molecule has 0 spiro atoms. The Morgan fingerprint density at radius 3 is 2.77 bits per heavy atom. The average Bonchev–Trinajstić information content (AvgIpc) is 3.15. The second kappa shape index (κ2) is 7.55. The van der Waals surface area contributed by atoms with Gasteiger partial charge in [-0.25, -0.2) is 4.79 Å². The number of aromatic nitrogens is 3. The summed E-state index contributed by atoms with van der Waals surface area (Å²) in [6, 6.07) is 3.83. The molecule has 0 saturated heterocycles. The zero-order valence-corrected chi connectivity index (χ0v) is 17.8. The first-order valence-electron chi connectivity index (χ1n) is 9.98. The lowest BCUT2D eigenvalue weighted by Gasteiger charge is -2.26. The molecule has 0 atom stereocenters. The molecule has 3 aromatic rings. The van der Waals surface area contributed by atoms with Crippen LogP contribution in [0.2, 0.25) is 0 Å². The molecular formula is C21H27N5O4. The molecule has 0 saturated carbocycles. The van der Waals surface area contributed by atoms with E-state index in [-0.39, 0.29) is 6.09 Å². The van der Waals surface area contributed by atoms with Gasteiger partial charge in [-0.15, -0.1) is 0 Å². The summed E-state index contributed by atoms with van der Waals surface area (Å²) in [5, 5.41) is 9.08. The van der Waals surface area contributed by atoms with E-state index >= 15 is 0 Å². The Labute approximate surface area is 174 Å². The molecule has 1 aliphatic heterocycles. The molecule has 0 bridgehead atoms. The Kier molecular flexibility index (Phi) is 5.05. The third-order valence-electron chi connectivity index (χ3n) is 5.13. The lowest BCUT2D eigenvalue weighted by Crippen LogP contribution is -2.38. The molecule has 9 heteroatoms. The second-order valence-corrected chi connectivity index (χ2v) is 8.48. The third kappa shape index (κ3) is 3.92. The number of benzene rings is 1. The molecule has 2 aromatic heterocycles. The molecule has 1 aliphatic rings. The molecule has 3 heterocycles. The lowest BCUT2D eigenvalue weighted by atomic mass is 10.1. The highest BCUT2D eigenvalue weighted by atomic mass is 16.6. The maximum Gasteiger partial charge on any atom is 0.410 e. The minimum Gasteiger partial charge on any atom is -0.496 e. The van der Waals surface area contributed by atoms with Crippen molar-refractivity contribution in [1.82, 2.24) is 19.8 Å². The van der Waals surface area contributed by atoms with Crippen LogP contribution in [-0.4, -0.2) is 51.7 Å². The van der Waals surface area contributed by atoms with Crippen molar-refractivity contribution < 1.29 is 18.8 Å². The summed E-state index contributed by atoms with van der Waals surface area (Å²) in [7, 11) is 1.59. The summed E-state index contributed by atoms with van der Waals surface area (Å²) in [6.45, 7) is 7.39. The van der Waals surface area contributed by atoms with Crippen molar-refractivity contribution in [1.29, 1.82) is 0 Å². The maximum atomic E-state index is 12.5. The first kappa shape index (κ1) is 20.1. The first-order valence-corrected chi connectivity index (χ1v) is 9.98. The molecule has 1 amide bonds. The van der Waals surface area contributed by atoms with E-state index in [2.05, 4.69) is 10.3 Å². The van der Waals surface area contributed by atoms with Crippen molar-refractivity contribution in [2.75, 3.05) is 25.9 Å². The van der Waals surface area contributed by atoms with Gasteiger partial charge in [0.2, 0.25) is 0 Å². The average molecular weight is 413 g/mol. The Morgan fingerprint density at radius 1 is 1.27 bits per heavy atom. The van der Waals surface area contributed by atoms with Crippen molar-refractivity contribution in [2.45, 2.75) is 45.8 Å². The fraction of sp³-hybridized carbons (Fsp3) is 0.476. The molecule has 2 N–H and O–H groups in total. The topological polar surface area (TPSA) is 109 Å². The highest BCUT2D eigenvalue weighted by molar-refractivity contribution is 5.93. The lowest BCUT2D eigenvalue weighted by molar-refractivity contribution is 0.0258. The number of rotatable bonds is 3. The number of amides is 1. The largest absolute Gasteiger partial charge is 0.496 e. The number of methoxy groups -OCH3 is 1. The van der Waals surface area contributed by atoms with Gasteiger partial charge in [-0.05, 0) is 50.5 Å². The van der Waals surface area contributed by atoms with E-state index in [1.54, 1.807) is 12.0 Å². The van der Waals surface area contributed by atoms with Crippen molar-refractivity contribution >= 4 is 22.9 Å². The number of nitrogens with two attached hydrogens (primary N) is 1. The highest BCUT2D eigenvalue weighted by Gasteiger charge is 2.26. The van der Waals surface area contributed by atoms with Gasteiger partial charge in [0.1, 0.15) is 16.7 Å². The van der Waals surface area contributed by atoms with E-state index in [1.807, 2.05) is 43.8 Å². The number of hydrogen-bond donors (Lipinski definition) is 1. The molecule has 0 fully saturated rings. The Morgan fingerprint density at radius 2 is 2.03 bits per heavy atom. The summed E-state index contributed by atoms with van der Waals surface area (Å²) in [6.07, 6.45) is 3.07. The SMILES string of the molecule is COc1cc(Cn2ncc3c2CCN(C(=O)OC(C)(C)C)CC3)cc2onc(N)c12. The van der Waals surface area contributed by atoms with Crippen LogP contribution >= 0.6 is 0 Å². The van der Waals surface area contributed by atoms with Crippen LogP contribution < -0.4 is 10.5 Å². The van der Waals surface area contributed by atoms with E-state index in [9.17, 15) is 4.79 Å². The number of hydrogen-bond acceptors (Lipinski definition) is 7. The van der Waals surface area contributed by atoms with E-state index < -0.39 is 5.60 Å². The monoisotopic (exact) mass is 413 g/mol. The van der Waals surface area contributed by atoms with Gasteiger partial charge in [0.25, 0.3) is 0 Å². The van der Waals surface area contributed by atoms with Crippen LogP contribution in [-0.2, 0) is 24.1 Å². The van der Waals surface area contributed by atoms with E-state index in [0.717, 1.165) is 23.2 Å². The normalized spacial score (nSPS) is 14.5. The number of ether oxygens (including phenoxy) is 2. The van der Waals surface area contributed by atoms with Crippen molar-refractivity contribution in [3.8, 4) is 5.75 Å². The number of nitrogens with zero attached hydrogens (tertiary/aromatic N) is 4. The van der Waals surface area contributed by atoms with Gasteiger partial charge < -0.3 is 24.6 Å². The summed E-state index contributed by atoms with van der Waals surface area (Å²) in [5.74, 6) is 0.930. The predicted molar refractivity (Wildman–Crippen MR) is 112 cm³/mol. The molecule has 0 aliphatic carbocycles. The zero-order chi connectivity index (χ0) is 21.5. The third-order valence-corrected chi connectivity index (χ3v) is 5.13. The van der Waals surface area contributed by atoms with Gasteiger partial charge in [-0.1, -0.05) is 5.16 Å². The standard InChI is InChI=1S/C21H27N5O4/c1-21(2,3)29-20(27)25-7-5-14-11-23-26(15(14)6-8-25)12-13-9-16(28-4)18-17(10-13)30-24-19(18)22/h9-11H,5-8,12H2,1-4H3,(H2,22,24). The van der Waals surface area contributed by atoms with Gasteiger partial charge in [-0.2, -0.15) is 5.10 Å². The Bertz CT molecular complexity index is 1080. The molecule has 0 unspecified atom stereocenters. The van der Waals surface area contributed by atoms with Crippen molar-refractivity contribution in [2.24, 2.45) is 0 Å². The predicted octanol–water partition coefficient (Wildman–Crippen LogP) is 3.00. The highest BCUT2D eigenvalue weighted by Crippen LogP contribution is 2.32. The number of carbonyl (C=O) groups excluding carboxylic acids is 1. The summed E-state index contributed by atoms with van der Waals surface area (Å²) in [4.78, 5) is 14.2. The number of carbonyl (C=O) groups is 1. The molecule has 0 radical (unpaired) electrons. The minimum atomic E-state index is -0.505. The summed E-state index contributed by atoms with van der Waals surface area (Å²) < 4.78 is 18.3. The van der Waals surface area contributed by atoms with Crippen LogP contribution in [0.25, 0.3) is 11.0 Å². The van der Waals surface area contributed by atoms with Gasteiger partial charge in [0.15, 0.2) is 11.4 Å². The van der Waals surface area contributed by atoms with E-state index in [0.29, 0.717) is 48.6 Å². The van der Waals surface area contributed by atoms with Gasteiger partial charge in [0.05, 0.1) is 19.9 Å². The van der Waals surface area contributed by atoms with E-state index in [4.69, 9.17) is 19.7 Å². The summed E-state index contributed by atoms with van der Waals surface area (Å²) >= 11 is 0. The second-order valence-electron chi connectivity index (χ2n) is 8.48. The van der Waals surface area contributed by atoms with Gasteiger partial charge >= 0.3 is 6.09 Å². The molecular weight excluding hydrogens is 386 g/mol. The molecule has 4 rings (SSSR count). The smallest absolute Gasteiger partial charge is 0.410 e. The fourth-order valence-electron chi connectivity index (χ4n) is 3.74. The van der Waals surface area contributed by atoms with Crippen LogP contribution in [0.3, 0.4) is 0 Å². The minimum absolute atomic E-state index is 0.273. The number of nitrogen functional groups attached to an aromatic ring is 1. The van der Waals surface area contributed by atoms with E-state index in [1.165, 1.54) is 0 Å². The summed E-state index contributed by atoms with van der Waals surface area (Å²) in [5.41, 5.74) is 9.19. The number of anilines is 1. The Balaban J connectivity index is 1.54. The maximum absolute atomic E-state index is 12.5. The fourth-order valence-corrected chi connectivity index (χ4v) is 3.74. The van der Waals surface area contributed by atoms with Gasteiger partial charge in [-0.3, -0.25) is 4.68 Å². The first-order chi connectivity index (χ1) is 14.2. The number of fused-ring (bicyclic) bond motifs is 2. The quantitative estimate of drug-likeness (QED) is 0.703. The van der Waals surface area contributed by atoms with Gasteiger partial charge in [0, 0.05) is 25.2 Å². The van der Waals surface area contributed by atoms with Crippen LogP contribution in [0, 0.1) is 0 Å². The molecule has 1 aromatic carbocycles. The Hall–Kier alpha value is -3.23. The molecule has 9 nitrogen and oxygen atoms in total. The van der Waals surface area contributed by atoms with Crippen LogP contribution in [0.1, 0.15) is 37.6 Å².